The van der Waals surface area contributed by atoms with Gasteiger partial charge in [-0.1, -0.05) is 55.6 Å². The maximum Gasteiger partial charge on any atom is 0.349 e. The molecule has 0 aliphatic rings. The van der Waals surface area contributed by atoms with Crippen molar-refractivity contribution >= 4 is 53.1 Å². The zero-order valence-electron chi connectivity index (χ0n) is 27.0. The molecule has 0 saturated heterocycles. The molecular weight excluding hydrogens is 626 g/mol. The predicted octanol–water partition coefficient (Wildman–Crippen LogP) is 6.30. The third-order valence-corrected chi connectivity index (χ3v) is 6.42. The summed E-state index contributed by atoms with van der Waals surface area (Å²) in [7, 11) is 0. The van der Waals surface area contributed by atoms with E-state index in [1.165, 1.54) is 26.0 Å². The molecule has 0 N–H and O–H groups in total. The highest BCUT2D eigenvalue weighted by molar-refractivity contribution is 5.98. The summed E-state index contributed by atoms with van der Waals surface area (Å²) in [6, 6.07) is 27.5. The molecule has 3 rings (SSSR count). The Bertz CT molecular complexity index is 1730. The first-order chi connectivity index (χ1) is 23.5. The molecule has 3 aromatic rings. The molecule has 0 aliphatic carbocycles. The van der Waals surface area contributed by atoms with Gasteiger partial charge in [-0.3, -0.25) is 0 Å². The van der Waals surface area contributed by atoms with Gasteiger partial charge in [0.15, 0.2) is 0 Å². The van der Waals surface area contributed by atoms with Crippen molar-refractivity contribution in [3.8, 4) is 12.1 Å². The van der Waals surface area contributed by atoms with E-state index in [-0.39, 0.29) is 48.7 Å². The average Bonchev–Trinajstić information content (AvgIpc) is 3.11. The Morgan fingerprint density at radius 2 is 0.898 bits per heavy atom. The highest BCUT2D eigenvalue weighted by atomic mass is 16.6. The van der Waals surface area contributed by atoms with Gasteiger partial charge in [0.1, 0.15) is 49.7 Å². The van der Waals surface area contributed by atoms with E-state index in [1.54, 1.807) is 24.3 Å². The molecule has 0 fully saturated rings. The molecule has 49 heavy (non-hydrogen) atoms. The van der Waals surface area contributed by atoms with E-state index < -0.39 is 23.9 Å². The summed E-state index contributed by atoms with van der Waals surface area (Å²) in [5.41, 5.74) is 3.50. The number of carbonyl (C=O) groups is 4. The van der Waals surface area contributed by atoms with Crippen LogP contribution in [0.2, 0.25) is 0 Å². The maximum absolute atomic E-state index is 12.4. The first-order valence-corrected chi connectivity index (χ1v) is 14.8. The minimum absolute atomic E-state index is 0.167. The largest absolute Gasteiger partial charge is 0.459 e. The second kappa shape index (κ2) is 18.4. The highest BCUT2D eigenvalue weighted by Gasteiger charge is 2.16. The van der Waals surface area contributed by atoms with Crippen molar-refractivity contribution in [2.24, 2.45) is 0 Å². The summed E-state index contributed by atoms with van der Waals surface area (Å²) in [5, 5.41) is 19.1. The molecule has 248 valence electrons. The Morgan fingerprint density at radius 1 is 0.571 bits per heavy atom. The first-order valence-electron chi connectivity index (χ1n) is 14.8. The third kappa shape index (κ3) is 11.2. The van der Waals surface area contributed by atoms with Crippen molar-refractivity contribution in [3.63, 3.8) is 0 Å². The quantitative estimate of drug-likeness (QED) is 0.0593. The van der Waals surface area contributed by atoms with E-state index >= 15 is 0 Å². The van der Waals surface area contributed by atoms with Gasteiger partial charge in [0.05, 0.1) is 0 Å². The summed E-state index contributed by atoms with van der Waals surface area (Å²) < 4.78 is 19.9. The second-order valence-electron chi connectivity index (χ2n) is 10.3. The fourth-order valence-electron chi connectivity index (χ4n) is 4.01. The Kier molecular flexibility index (Phi) is 13.8. The van der Waals surface area contributed by atoms with Crippen LogP contribution in [0.1, 0.15) is 25.0 Å². The molecule has 0 unspecified atom stereocenters. The standard InChI is InChI=1S/C38H33N3O8/c1-26(2)35(42)46-18-20-48-37(44)30(24-39)22-28-10-14-33(15-11-28)41(32-8-6-5-7-9-32)34-16-12-29(13-17-34)23-31(25-40)38(45)49-21-19-47-36(43)27(3)4/h5-17,22-23H,1,3,18-21H2,2,4H3/b30-22+,31-23+. The lowest BCUT2D eigenvalue weighted by Crippen LogP contribution is -2.15. The van der Waals surface area contributed by atoms with Gasteiger partial charge in [-0.05, 0) is 73.5 Å². The van der Waals surface area contributed by atoms with Crippen LogP contribution >= 0.6 is 0 Å². The SMILES string of the molecule is C=C(C)C(=O)OCCOC(=O)/C(C#N)=C/c1ccc(N(c2ccccc2)c2ccc(/C=C(\C#N)C(=O)OCCOC(=O)C(=C)C)cc2)cc1. The van der Waals surface area contributed by atoms with Crippen LogP contribution in [0.25, 0.3) is 12.2 Å². The van der Waals surface area contributed by atoms with Gasteiger partial charge in [-0.25, -0.2) is 19.2 Å². The van der Waals surface area contributed by atoms with Crippen LogP contribution in [0.3, 0.4) is 0 Å². The van der Waals surface area contributed by atoms with Crippen LogP contribution in [0.4, 0.5) is 17.1 Å². The number of para-hydroxylation sites is 1. The number of nitriles is 2. The van der Waals surface area contributed by atoms with Crippen LogP contribution in [-0.2, 0) is 38.1 Å². The van der Waals surface area contributed by atoms with Crippen molar-refractivity contribution in [2.45, 2.75) is 13.8 Å². The number of hydrogen-bond acceptors (Lipinski definition) is 11. The third-order valence-electron chi connectivity index (χ3n) is 6.42. The van der Waals surface area contributed by atoms with E-state index in [0.717, 1.165) is 17.1 Å². The van der Waals surface area contributed by atoms with Crippen molar-refractivity contribution in [1.82, 2.24) is 0 Å². The van der Waals surface area contributed by atoms with Gasteiger partial charge < -0.3 is 23.8 Å². The zero-order valence-corrected chi connectivity index (χ0v) is 27.0. The molecule has 3 aromatic carbocycles. The van der Waals surface area contributed by atoms with Gasteiger partial charge in [-0.15, -0.1) is 0 Å². The predicted molar refractivity (Wildman–Crippen MR) is 182 cm³/mol. The Balaban J connectivity index is 1.76. The Morgan fingerprint density at radius 3 is 1.22 bits per heavy atom. The molecule has 0 aromatic heterocycles. The minimum Gasteiger partial charge on any atom is -0.459 e. The van der Waals surface area contributed by atoms with Crippen molar-refractivity contribution in [2.75, 3.05) is 31.3 Å². The molecule has 0 amide bonds. The minimum atomic E-state index is -0.852. The van der Waals surface area contributed by atoms with E-state index in [0.29, 0.717) is 11.1 Å². The van der Waals surface area contributed by atoms with E-state index in [2.05, 4.69) is 13.2 Å². The van der Waals surface area contributed by atoms with Crippen LogP contribution < -0.4 is 4.90 Å². The number of ether oxygens (including phenoxy) is 4. The smallest absolute Gasteiger partial charge is 0.349 e. The van der Waals surface area contributed by atoms with Crippen LogP contribution in [0.5, 0.6) is 0 Å². The Hall–Kier alpha value is -6.72. The number of rotatable bonds is 15. The number of hydrogen-bond donors (Lipinski definition) is 0. The number of benzene rings is 3. The lowest BCUT2D eigenvalue weighted by molar-refractivity contribution is -0.147. The fourth-order valence-corrected chi connectivity index (χ4v) is 4.01. The van der Waals surface area contributed by atoms with Crippen molar-refractivity contribution < 1.29 is 38.1 Å². The molecule has 11 nitrogen and oxygen atoms in total. The molecule has 0 saturated carbocycles. The van der Waals surface area contributed by atoms with Gasteiger partial charge in [0, 0.05) is 28.2 Å². The van der Waals surface area contributed by atoms with E-state index in [9.17, 15) is 29.7 Å². The average molecular weight is 660 g/mol. The molecule has 11 heteroatoms. The first kappa shape index (κ1) is 36.7. The summed E-state index contributed by atoms with van der Waals surface area (Å²) in [6.45, 7) is 9.17. The topological polar surface area (TPSA) is 156 Å². The normalized spacial score (nSPS) is 10.9. The van der Waals surface area contributed by atoms with Gasteiger partial charge in [0.25, 0.3) is 0 Å². The molecular formula is C38H33N3O8. The molecule has 0 spiro atoms. The fraction of sp³-hybridized carbons (Fsp3) is 0.158. The maximum atomic E-state index is 12.4. The summed E-state index contributed by atoms with van der Waals surface area (Å²) >= 11 is 0. The highest BCUT2D eigenvalue weighted by Crippen LogP contribution is 2.34. The second-order valence-corrected chi connectivity index (χ2v) is 10.3. The molecule has 0 bridgehead atoms. The zero-order chi connectivity index (χ0) is 35.8. The van der Waals surface area contributed by atoms with Crippen LogP contribution in [0.15, 0.2) is 114 Å². The van der Waals surface area contributed by atoms with E-state index in [1.807, 2.05) is 71.6 Å². The summed E-state index contributed by atoms with van der Waals surface area (Å²) in [6.07, 6.45) is 2.79. The lowest BCUT2D eigenvalue weighted by Gasteiger charge is -2.25. The monoisotopic (exact) mass is 659 g/mol. The van der Waals surface area contributed by atoms with Crippen molar-refractivity contribution in [1.29, 1.82) is 10.5 Å². The lowest BCUT2D eigenvalue weighted by atomic mass is 10.1. The number of esters is 4. The number of anilines is 3. The molecule has 0 radical (unpaired) electrons. The van der Waals surface area contributed by atoms with Crippen molar-refractivity contribution in [3.05, 3.63) is 125 Å². The van der Waals surface area contributed by atoms with Gasteiger partial charge in [0.2, 0.25) is 0 Å². The molecule has 0 heterocycles. The number of carbonyl (C=O) groups excluding carboxylic acids is 4. The van der Waals surface area contributed by atoms with Gasteiger partial charge in [-0.2, -0.15) is 10.5 Å². The molecule has 0 aliphatic heterocycles. The van der Waals surface area contributed by atoms with E-state index in [4.69, 9.17) is 18.9 Å². The van der Waals surface area contributed by atoms with Crippen LogP contribution in [0, 0.1) is 22.7 Å². The van der Waals surface area contributed by atoms with Crippen LogP contribution in [-0.4, -0.2) is 50.3 Å². The number of nitrogens with zero attached hydrogens (tertiary/aromatic N) is 3. The Labute approximate surface area is 284 Å². The van der Waals surface area contributed by atoms with Gasteiger partial charge >= 0.3 is 23.9 Å². The summed E-state index contributed by atoms with van der Waals surface area (Å²) in [5.74, 6) is -2.91. The summed E-state index contributed by atoms with van der Waals surface area (Å²) in [4.78, 5) is 49.7. The molecule has 0 atom stereocenters.